The van der Waals surface area contributed by atoms with E-state index >= 15 is 0 Å². The number of halogens is 4. The van der Waals surface area contributed by atoms with Crippen molar-refractivity contribution < 1.29 is 23.1 Å². The van der Waals surface area contributed by atoms with Crippen molar-refractivity contribution in [2.45, 2.75) is 12.8 Å². The van der Waals surface area contributed by atoms with Crippen LogP contribution in [0.25, 0.3) is 0 Å². The molecule has 0 spiro atoms. The maximum Gasteiger partial charge on any atom is 0.405 e. The smallest absolute Gasteiger partial charge is 0.392 e. The summed E-state index contributed by atoms with van der Waals surface area (Å²) in [5, 5.41) is 10.8. The minimum atomic E-state index is -4.46. The van der Waals surface area contributed by atoms with Crippen molar-refractivity contribution in [3.05, 3.63) is 33.8 Å². The van der Waals surface area contributed by atoms with Crippen molar-refractivity contribution in [2.75, 3.05) is 6.54 Å². The molecular weight excluding hydrogens is 303 g/mol. The van der Waals surface area contributed by atoms with Crippen LogP contribution in [0.15, 0.2) is 22.7 Å². The van der Waals surface area contributed by atoms with Gasteiger partial charge in [-0.05, 0) is 12.1 Å². The zero-order valence-corrected chi connectivity index (χ0v) is 10.1. The highest BCUT2D eigenvalue weighted by molar-refractivity contribution is 9.10. The van der Waals surface area contributed by atoms with Gasteiger partial charge in [0, 0.05) is 15.6 Å². The van der Waals surface area contributed by atoms with Gasteiger partial charge in [0.1, 0.15) is 6.54 Å². The topological polar surface area (TPSA) is 49.3 Å². The predicted octanol–water partition coefficient (Wildman–Crippen LogP) is 2.23. The lowest BCUT2D eigenvalue weighted by Crippen LogP contribution is -2.34. The molecule has 7 heteroatoms. The molecule has 1 aromatic carbocycles. The number of alkyl halides is 3. The second-order valence-corrected chi connectivity index (χ2v) is 4.08. The summed E-state index contributed by atoms with van der Waals surface area (Å²) in [4.78, 5) is 11.5. The average Bonchev–Trinajstić information content (AvgIpc) is 2.24. The largest absolute Gasteiger partial charge is 0.405 e. The third kappa shape index (κ3) is 4.01. The molecular formula is C10H9BrF3NO2. The molecule has 2 N–H and O–H groups in total. The maximum absolute atomic E-state index is 11.9. The molecule has 0 atom stereocenters. The van der Waals surface area contributed by atoms with Gasteiger partial charge in [-0.2, -0.15) is 13.2 Å². The quantitative estimate of drug-likeness (QED) is 0.899. The molecule has 0 heterocycles. The van der Waals surface area contributed by atoms with E-state index in [1.165, 1.54) is 12.1 Å². The van der Waals surface area contributed by atoms with Crippen LogP contribution in [0.2, 0.25) is 0 Å². The van der Waals surface area contributed by atoms with Crippen molar-refractivity contribution in [1.82, 2.24) is 5.32 Å². The first-order chi connectivity index (χ1) is 7.85. The average molecular weight is 312 g/mol. The third-order valence-corrected chi connectivity index (χ3v) is 2.71. The van der Waals surface area contributed by atoms with Gasteiger partial charge in [-0.25, -0.2) is 0 Å². The molecule has 0 unspecified atom stereocenters. The first-order valence-corrected chi connectivity index (χ1v) is 5.37. The predicted molar refractivity (Wildman–Crippen MR) is 58.5 cm³/mol. The van der Waals surface area contributed by atoms with Crippen molar-refractivity contribution in [3.8, 4) is 0 Å². The summed E-state index contributed by atoms with van der Waals surface area (Å²) >= 11 is 3.10. The number of aliphatic hydroxyl groups excluding tert-OH is 1. The highest BCUT2D eigenvalue weighted by Gasteiger charge is 2.28. The van der Waals surface area contributed by atoms with Crippen LogP contribution in [0.5, 0.6) is 0 Å². The van der Waals surface area contributed by atoms with Gasteiger partial charge < -0.3 is 10.4 Å². The van der Waals surface area contributed by atoms with Gasteiger partial charge in [-0.3, -0.25) is 4.79 Å². The lowest BCUT2D eigenvalue weighted by atomic mass is 10.1. The van der Waals surface area contributed by atoms with Gasteiger partial charge in [-0.15, -0.1) is 0 Å². The van der Waals surface area contributed by atoms with Crippen LogP contribution in [0.4, 0.5) is 13.2 Å². The first kappa shape index (κ1) is 14.0. The van der Waals surface area contributed by atoms with E-state index in [2.05, 4.69) is 15.9 Å². The normalized spacial score (nSPS) is 11.4. The van der Waals surface area contributed by atoms with Crippen LogP contribution in [-0.2, 0) is 6.61 Å². The molecule has 17 heavy (non-hydrogen) atoms. The van der Waals surface area contributed by atoms with Gasteiger partial charge in [0.05, 0.1) is 6.61 Å². The molecule has 0 fully saturated rings. The number of nitrogens with one attached hydrogen (secondary N) is 1. The van der Waals surface area contributed by atoms with Gasteiger partial charge in [0.15, 0.2) is 0 Å². The van der Waals surface area contributed by atoms with Crippen LogP contribution < -0.4 is 5.32 Å². The Kier molecular flexibility index (Phi) is 4.53. The number of rotatable bonds is 3. The van der Waals surface area contributed by atoms with Gasteiger partial charge in [0.2, 0.25) is 0 Å². The number of aliphatic hydroxyl groups is 1. The van der Waals surface area contributed by atoms with Crippen molar-refractivity contribution in [2.24, 2.45) is 0 Å². The Morgan fingerprint density at radius 1 is 1.41 bits per heavy atom. The molecule has 0 aliphatic carbocycles. The fourth-order valence-electron chi connectivity index (χ4n) is 1.21. The number of hydrogen-bond acceptors (Lipinski definition) is 2. The first-order valence-electron chi connectivity index (χ1n) is 4.58. The maximum atomic E-state index is 11.9. The van der Waals surface area contributed by atoms with Gasteiger partial charge in [-0.1, -0.05) is 22.0 Å². The van der Waals surface area contributed by atoms with E-state index in [9.17, 15) is 18.0 Å². The number of carbonyl (C=O) groups excluding carboxylic acids is 1. The van der Waals surface area contributed by atoms with E-state index < -0.39 is 25.2 Å². The molecule has 0 radical (unpaired) electrons. The molecule has 1 aromatic rings. The zero-order valence-electron chi connectivity index (χ0n) is 8.51. The van der Waals surface area contributed by atoms with Crippen LogP contribution in [-0.4, -0.2) is 23.7 Å². The molecule has 0 bridgehead atoms. The molecule has 3 nitrogen and oxygen atoms in total. The second-order valence-electron chi connectivity index (χ2n) is 3.22. The Labute approximate surface area is 104 Å². The van der Waals surface area contributed by atoms with Crippen LogP contribution >= 0.6 is 15.9 Å². The molecule has 0 saturated carbocycles. The Balaban J connectivity index is 2.86. The lowest BCUT2D eigenvalue weighted by molar-refractivity contribution is -0.123. The van der Waals surface area contributed by atoms with Gasteiger partial charge in [0.25, 0.3) is 5.91 Å². The van der Waals surface area contributed by atoms with E-state index in [0.717, 1.165) is 0 Å². The van der Waals surface area contributed by atoms with Crippen molar-refractivity contribution in [1.29, 1.82) is 0 Å². The zero-order chi connectivity index (χ0) is 13.1. The molecule has 94 valence electrons. The summed E-state index contributed by atoms with van der Waals surface area (Å²) < 4.78 is 36.2. The number of amides is 1. The summed E-state index contributed by atoms with van der Waals surface area (Å²) in [5.41, 5.74) is 0.276. The highest BCUT2D eigenvalue weighted by atomic mass is 79.9. The van der Waals surface area contributed by atoms with Crippen LogP contribution in [0.1, 0.15) is 15.9 Å². The fourth-order valence-corrected chi connectivity index (χ4v) is 1.70. The highest BCUT2D eigenvalue weighted by Crippen LogP contribution is 2.21. The summed E-state index contributed by atoms with van der Waals surface area (Å²) in [6.07, 6.45) is -4.46. The molecule has 1 amide bonds. The Hall–Kier alpha value is -1.08. The van der Waals surface area contributed by atoms with E-state index in [1.54, 1.807) is 11.4 Å². The Morgan fingerprint density at radius 2 is 2.06 bits per heavy atom. The molecule has 0 saturated heterocycles. The summed E-state index contributed by atoms with van der Waals surface area (Å²) in [6.45, 7) is -1.83. The van der Waals surface area contributed by atoms with Crippen LogP contribution in [0, 0.1) is 0 Å². The third-order valence-electron chi connectivity index (χ3n) is 1.97. The number of carbonyl (C=O) groups is 1. The Morgan fingerprint density at radius 3 is 2.59 bits per heavy atom. The SMILES string of the molecule is O=C(NCC(F)(F)F)c1cccc(Br)c1CO. The Bertz CT molecular complexity index is 421. The van der Waals surface area contributed by atoms with E-state index in [0.29, 0.717) is 4.47 Å². The molecule has 0 aromatic heterocycles. The number of benzene rings is 1. The van der Waals surface area contributed by atoms with E-state index in [-0.39, 0.29) is 11.1 Å². The van der Waals surface area contributed by atoms with Crippen LogP contribution in [0.3, 0.4) is 0 Å². The minimum Gasteiger partial charge on any atom is -0.392 e. The summed E-state index contributed by atoms with van der Waals surface area (Å²) in [6, 6.07) is 4.44. The van der Waals surface area contributed by atoms with Crippen molar-refractivity contribution >= 4 is 21.8 Å². The van der Waals surface area contributed by atoms with E-state index in [4.69, 9.17) is 5.11 Å². The summed E-state index contributed by atoms with van der Waals surface area (Å²) in [7, 11) is 0. The molecule has 1 rings (SSSR count). The fraction of sp³-hybridized carbons (Fsp3) is 0.300. The monoisotopic (exact) mass is 311 g/mol. The van der Waals surface area contributed by atoms with Crippen molar-refractivity contribution in [3.63, 3.8) is 0 Å². The standard InChI is InChI=1S/C10H9BrF3NO2/c11-8-3-1-2-6(7(8)4-16)9(17)15-5-10(12,13)14/h1-3,16H,4-5H2,(H,15,17). The minimum absolute atomic E-state index is 0.0196. The van der Waals surface area contributed by atoms with Gasteiger partial charge >= 0.3 is 6.18 Å². The second kappa shape index (κ2) is 5.50. The summed E-state index contributed by atoms with van der Waals surface area (Å²) in [5.74, 6) is -0.868. The van der Waals surface area contributed by atoms with E-state index in [1.807, 2.05) is 0 Å². The number of hydrogen-bond donors (Lipinski definition) is 2. The lowest BCUT2D eigenvalue weighted by Gasteiger charge is -2.11. The molecule has 0 aliphatic rings. The molecule has 0 aliphatic heterocycles.